The van der Waals surface area contributed by atoms with Gasteiger partial charge in [-0.1, -0.05) is 23.7 Å². The lowest BCUT2D eigenvalue weighted by atomic mass is 10.2. The Morgan fingerprint density at radius 2 is 1.76 bits per heavy atom. The van der Waals surface area contributed by atoms with Crippen LogP contribution >= 0.6 is 11.6 Å². The van der Waals surface area contributed by atoms with Gasteiger partial charge in [-0.25, -0.2) is 0 Å². The molecule has 0 radical (unpaired) electrons. The number of ether oxygens (including phenoxy) is 2. The van der Waals surface area contributed by atoms with Gasteiger partial charge < -0.3 is 9.47 Å². The number of halogens is 1. The van der Waals surface area contributed by atoms with Gasteiger partial charge in [0, 0.05) is 0 Å². The van der Waals surface area contributed by atoms with Crippen molar-refractivity contribution in [3.8, 4) is 17.2 Å². The highest BCUT2D eigenvalue weighted by Gasteiger charge is 2.04. The third-order valence-corrected chi connectivity index (χ3v) is 2.74. The summed E-state index contributed by atoms with van der Waals surface area (Å²) < 4.78 is 10.9. The minimum atomic E-state index is 0.598. The van der Waals surface area contributed by atoms with Gasteiger partial charge in [0.1, 0.15) is 17.2 Å². The zero-order chi connectivity index (χ0) is 12.3. The van der Waals surface area contributed by atoms with E-state index in [1.54, 1.807) is 13.2 Å². The molecule has 2 aromatic carbocycles. The van der Waals surface area contributed by atoms with Crippen molar-refractivity contribution < 1.29 is 9.47 Å². The molecule has 2 nitrogen and oxygen atoms in total. The van der Waals surface area contributed by atoms with Crippen molar-refractivity contribution in [1.82, 2.24) is 0 Å². The smallest absolute Gasteiger partial charge is 0.146 e. The van der Waals surface area contributed by atoms with Crippen molar-refractivity contribution in [1.29, 1.82) is 0 Å². The molecule has 0 saturated heterocycles. The maximum absolute atomic E-state index is 6.02. The van der Waals surface area contributed by atoms with Gasteiger partial charge in [0.2, 0.25) is 0 Å². The molecule has 17 heavy (non-hydrogen) atoms. The number of hydrogen-bond acceptors (Lipinski definition) is 2. The Kier molecular flexibility index (Phi) is 3.55. The van der Waals surface area contributed by atoms with Crippen LogP contribution in [0.4, 0.5) is 0 Å². The first-order valence-corrected chi connectivity index (χ1v) is 5.65. The van der Waals surface area contributed by atoms with E-state index in [-0.39, 0.29) is 0 Å². The van der Waals surface area contributed by atoms with Crippen LogP contribution in [0.3, 0.4) is 0 Å². The maximum Gasteiger partial charge on any atom is 0.146 e. The molecule has 0 bridgehead atoms. The summed E-state index contributed by atoms with van der Waals surface area (Å²) in [7, 11) is 1.65. The highest BCUT2D eigenvalue weighted by molar-refractivity contribution is 6.32. The second-order valence-corrected chi connectivity index (χ2v) is 4.07. The van der Waals surface area contributed by atoms with Crippen molar-refractivity contribution in [3.63, 3.8) is 0 Å². The first-order valence-electron chi connectivity index (χ1n) is 5.27. The van der Waals surface area contributed by atoms with Crippen molar-refractivity contribution in [3.05, 3.63) is 53.1 Å². The van der Waals surface area contributed by atoms with Crippen LogP contribution in [-0.4, -0.2) is 7.11 Å². The third kappa shape index (κ3) is 2.71. The summed E-state index contributed by atoms with van der Waals surface area (Å²) in [6.45, 7) is 1.97. The van der Waals surface area contributed by atoms with E-state index in [2.05, 4.69) is 0 Å². The standard InChI is InChI=1S/C14H13ClO2/c1-10-9-11(7-8-13(10)16-2)17-14-6-4-3-5-12(14)15/h3-9H,1-2H3. The number of benzene rings is 2. The quantitative estimate of drug-likeness (QED) is 0.799. The number of para-hydroxylation sites is 1. The van der Waals surface area contributed by atoms with E-state index in [1.807, 2.05) is 43.3 Å². The van der Waals surface area contributed by atoms with Crippen molar-refractivity contribution in [2.75, 3.05) is 7.11 Å². The van der Waals surface area contributed by atoms with Crippen LogP contribution in [0.1, 0.15) is 5.56 Å². The number of aryl methyl sites for hydroxylation is 1. The number of hydrogen-bond donors (Lipinski definition) is 0. The largest absolute Gasteiger partial charge is 0.496 e. The number of rotatable bonds is 3. The first kappa shape index (κ1) is 11.8. The lowest BCUT2D eigenvalue weighted by molar-refractivity contribution is 0.409. The second-order valence-electron chi connectivity index (χ2n) is 3.66. The lowest BCUT2D eigenvalue weighted by Gasteiger charge is -2.10. The second kappa shape index (κ2) is 5.11. The van der Waals surface area contributed by atoms with Crippen molar-refractivity contribution >= 4 is 11.6 Å². The van der Waals surface area contributed by atoms with Gasteiger partial charge in [0.25, 0.3) is 0 Å². The van der Waals surface area contributed by atoms with Gasteiger partial charge in [-0.3, -0.25) is 0 Å². The molecule has 0 saturated carbocycles. The van der Waals surface area contributed by atoms with Crippen LogP contribution in [-0.2, 0) is 0 Å². The molecule has 0 fully saturated rings. The highest BCUT2D eigenvalue weighted by atomic mass is 35.5. The average molecular weight is 249 g/mol. The van der Waals surface area contributed by atoms with Crippen molar-refractivity contribution in [2.24, 2.45) is 0 Å². The van der Waals surface area contributed by atoms with E-state index in [9.17, 15) is 0 Å². The first-order chi connectivity index (χ1) is 8.20. The SMILES string of the molecule is COc1ccc(Oc2ccccc2Cl)cc1C. The fraction of sp³-hybridized carbons (Fsp3) is 0.143. The van der Waals surface area contributed by atoms with Gasteiger partial charge in [-0.2, -0.15) is 0 Å². The Bertz CT molecular complexity index is 523. The van der Waals surface area contributed by atoms with E-state index < -0.39 is 0 Å². The molecule has 88 valence electrons. The number of methoxy groups -OCH3 is 1. The van der Waals surface area contributed by atoms with E-state index in [1.165, 1.54) is 0 Å². The fourth-order valence-electron chi connectivity index (χ4n) is 1.57. The molecule has 0 aliphatic rings. The van der Waals surface area contributed by atoms with E-state index in [4.69, 9.17) is 21.1 Å². The van der Waals surface area contributed by atoms with Gasteiger partial charge >= 0.3 is 0 Å². The summed E-state index contributed by atoms with van der Waals surface area (Å²) in [6, 6.07) is 13.0. The molecule has 0 spiro atoms. The third-order valence-electron chi connectivity index (χ3n) is 2.43. The summed E-state index contributed by atoms with van der Waals surface area (Å²) in [6.07, 6.45) is 0. The van der Waals surface area contributed by atoms with E-state index in [0.29, 0.717) is 10.8 Å². The summed E-state index contributed by atoms with van der Waals surface area (Å²) >= 11 is 6.02. The minimum absolute atomic E-state index is 0.598. The van der Waals surface area contributed by atoms with Crippen LogP contribution in [0.2, 0.25) is 5.02 Å². The Morgan fingerprint density at radius 1 is 1.00 bits per heavy atom. The fourth-order valence-corrected chi connectivity index (χ4v) is 1.74. The van der Waals surface area contributed by atoms with Crippen LogP contribution in [0, 0.1) is 6.92 Å². The summed E-state index contributed by atoms with van der Waals surface area (Å²) in [4.78, 5) is 0. The Balaban J connectivity index is 2.25. The maximum atomic E-state index is 6.02. The molecular formula is C14H13ClO2. The molecule has 0 unspecified atom stereocenters. The van der Waals surface area contributed by atoms with Gasteiger partial charge in [-0.05, 0) is 42.8 Å². The Hall–Kier alpha value is -1.67. The Labute approximate surface area is 106 Å². The molecule has 0 aromatic heterocycles. The molecular weight excluding hydrogens is 236 g/mol. The van der Waals surface area contributed by atoms with E-state index >= 15 is 0 Å². The van der Waals surface area contributed by atoms with Crippen LogP contribution in [0.5, 0.6) is 17.2 Å². The average Bonchev–Trinajstić information content (AvgIpc) is 2.32. The molecule has 2 aromatic rings. The summed E-state index contributed by atoms with van der Waals surface area (Å²) in [5, 5.41) is 0.598. The predicted octanol–water partition coefficient (Wildman–Crippen LogP) is 4.45. The molecule has 3 heteroatoms. The van der Waals surface area contributed by atoms with Crippen LogP contribution in [0.15, 0.2) is 42.5 Å². The zero-order valence-corrected chi connectivity index (χ0v) is 10.5. The molecule has 0 aliphatic carbocycles. The summed E-state index contributed by atoms with van der Waals surface area (Å²) in [5.74, 6) is 2.24. The van der Waals surface area contributed by atoms with E-state index in [0.717, 1.165) is 17.1 Å². The molecule has 2 rings (SSSR count). The monoisotopic (exact) mass is 248 g/mol. The van der Waals surface area contributed by atoms with Gasteiger partial charge in [-0.15, -0.1) is 0 Å². The van der Waals surface area contributed by atoms with Crippen LogP contribution < -0.4 is 9.47 Å². The lowest BCUT2D eigenvalue weighted by Crippen LogP contribution is -1.89. The minimum Gasteiger partial charge on any atom is -0.496 e. The van der Waals surface area contributed by atoms with Crippen LogP contribution in [0.25, 0.3) is 0 Å². The molecule has 0 aliphatic heterocycles. The zero-order valence-electron chi connectivity index (χ0n) is 9.74. The topological polar surface area (TPSA) is 18.5 Å². The molecule has 0 amide bonds. The van der Waals surface area contributed by atoms with Gasteiger partial charge in [0.15, 0.2) is 0 Å². The molecule has 0 N–H and O–H groups in total. The molecule has 0 heterocycles. The van der Waals surface area contributed by atoms with Gasteiger partial charge in [0.05, 0.1) is 12.1 Å². The highest BCUT2D eigenvalue weighted by Crippen LogP contribution is 2.31. The Morgan fingerprint density at radius 3 is 2.41 bits per heavy atom. The van der Waals surface area contributed by atoms with Crippen molar-refractivity contribution in [2.45, 2.75) is 6.92 Å². The normalized spacial score (nSPS) is 10.1. The predicted molar refractivity (Wildman–Crippen MR) is 69.3 cm³/mol. The summed E-state index contributed by atoms with van der Waals surface area (Å²) in [5.41, 5.74) is 1.03. The molecule has 0 atom stereocenters.